The lowest BCUT2D eigenvalue weighted by molar-refractivity contribution is -0.274. The first kappa shape index (κ1) is 18.7. The summed E-state index contributed by atoms with van der Waals surface area (Å²) in [5.74, 6) is 0.328. The Morgan fingerprint density at radius 1 is 1.14 bits per heavy atom. The molecule has 5 nitrogen and oxygen atoms in total. The molecule has 1 aromatic carbocycles. The monoisotopic (exact) mass is 390 g/mol. The molecule has 0 aliphatic carbocycles. The Kier molecular flexibility index (Phi) is 4.97. The molecule has 8 heteroatoms. The molecule has 1 aliphatic rings. The van der Waals surface area contributed by atoms with Gasteiger partial charge in [-0.2, -0.15) is 5.10 Å². The molecule has 1 aliphatic heterocycles. The van der Waals surface area contributed by atoms with Crippen molar-refractivity contribution in [1.29, 1.82) is 0 Å². The van der Waals surface area contributed by atoms with Crippen molar-refractivity contribution >= 4 is 5.65 Å². The van der Waals surface area contributed by atoms with Gasteiger partial charge in [0.1, 0.15) is 5.75 Å². The van der Waals surface area contributed by atoms with Crippen LogP contribution in [0.5, 0.6) is 5.75 Å². The van der Waals surface area contributed by atoms with Crippen molar-refractivity contribution in [3.05, 3.63) is 48.3 Å². The summed E-state index contributed by atoms with van der Waals surface area (Å²) in [5, 5.41) is 4.74. The third-order valence-electron chi connectivity index (χ3n) is 5.02. The van der Waals surface area contributed by atoms with Gasteiger partial charge < -0.3 is 9.64 Å². The number of fused-ring (bicyclic) bond motifs is 1. The highest BCUT2D eigenvalue weighted by Gasteiger charge is 2.31. The maximum absolute atomic E-state index is 12.3. The summed E-state index contributed by atoms with van der Waals surface area (Å²) >= 11 is 0. The van der Waals surface area contributed by atoms with Crippen molar-refractivity contribution in [2.75, 3.05) is 20.1 Å². The average Bonchev–Trinajstić information content (AvgIpc) is 3.04. The number of likely N-dealkylation sites (tertiary alicyclic amines) is 1. The zero-order chi connectivity index (χ0) is 19.7. The van der Waals surface area contributed by atoms with Crippen LogP contribution >= 0.6 is 0 Å². The summed E-state index contributed by atoms with van der Waals surface area (Å²) in [6.45, 7) is 2.21. The third kappa shape index (κ3) is 4.27. The number of aromatic nitrogens is 3. The van der Waals surface area contributed by atoms with E-state index in [1.807, 2.05) is 12.1 Å². The fraction of sp³-hybridized carbons (Fsp3) is 0.400. The Balaban J connectivity index is 1.57. The molecule has 0 N–H and O–H groups in total. The van der Waals surface area contributed by atoms with E-state index in [9.17, 15) is 13.2 Å². The Morgan fingerprint density at radius 3 is 2.64 bits per heavy atom. The molecule has 148 valence electrons. The Hall–Kier alpha value is -2.61. The van der Waals surface area contributed by atoms with E-state index in [2.05, 4.69) is 21.7 Å². The molecule has 2 aromatic heterocycles. The van der Waals surface area contributed by atoms with E-state index in [-0.39, 0.29) is 5.75 Å². The SMILES string of the molecule is CN1CCCC(Cc2ccc3ncc(-c4ccc(OC(F)(F)F)cc4)n3n2)C1. The molecule has 0 bridgehead atoms. The maximum atomic E-state index is 12.3. The van der Waals surface area contributed by atoms with E-state index in [1.54, 1.807) is 22.8 Å². The third-order valence-corrected chi connectivity index (χ3v) is 5.02. The van der Waals surface area contributed by atoms with Crippen LogP contribution < -0.4 is 4.74 Å². The summed E-state index contributed by atoms with van der Waals surface area (Å²) in [4.78, 5) is 6.70. The summed E-state index contributed by atoms with van der Waals surface area (Å²) in [6, 6.07) is 9.68. The largest absolute Gasteiger partial charge is 0.573 e. The number of hydrogen-bond donors (Lipinski definition) is 0. The Morgan fingerprint density at radius 2 is 1.93 bits per heavy atom. The highest BCUT2D eigenvalue weighted by Crippen LogP contribution is 2.27. The zero-order valence-corrected chi connectivity index (χ0v) is 15.5. The van der Waals surface area contributed by atoms with Crippen molar-refractivity contribution in [3.63, 3.8) is 0 Å². The average molecular weight is 390 g/mol. The first-order valence-corrected chi connectivity index (χ1v) is 9.26. The summed E-state index contributed by atoms with van der Waals surface area (Å²) in [6.07, 6.45) is 0.276. The number of rotatable bonds is 4. The van der Waals surface area contributed by atoms with Crippen LogP contribution in [-0.2, 0) is 6.42 Å². The first-order chi connectivity index (χ1) is 13.4. The molecule has 0 radical (unpaired) electrons. The molecule has 1 atom stereocenters. The number of hydrogen-bond acceptors (Lipinski definition) is 4. The number of benzene rings is 1. The van der Waals surface area contributed by atoms with Crippen molar-refractivity contribution in [2.45, 2.75) is 25.6 Å². The van der Waals surface area contributed by atoms with Gasteiger partial charge in [-0.05, 0) is 75.2 Å². The number of alkyl halides is 3. The van der Waals surface area contributed by atoms with Crippen molar-refractivity contribution in [2.24, 2.45) is 5.92 Å². The van der Waals surface area contributed by atoms with E-state index >= 15 is 0 Å². The summed E-state index contributed by atoms with van der Waals surface area (Å²) in [5.41, 5.74) is 3.15. The lowest BCUT2D eigenvalue weighted by Gasteiger charge is -2.29. The minimum atomic E-state index is -4.70. The molecule has 28 heavy (non-hydrogen) atoms. The highest BCUT2D eigenvalue weighted by molar-refractivity contribution is 5.63. The summed E-state index contributed by atoms with van der Waals surface area (Å²) < 4.78 is 42.7. The van der Waals surface area contributed by atoms with Crippen LogP contribution in [0.3, 0.4) is 0 Å². The van der Waals surface area contributed by atoms with Gasteiger partial charge in [-0.1, -0.05) is 0 Å². The molecule has 3 aromatic rings. The molecule has 3 heterocycles. The standard InChI is InChI=1S/C20H21F3N4O/c1-26-10-2-3-14(13-26)11-16-6-9-19-24-12-18(27(19)25-16)15-4-7-17(8-5-15)28-20(21,22)23/h4-9,12,14H,2-3,10-11,13H2,1H3. The van der Waals surface area contributed by atoms with Gasteiger partial charge in [0.2, 0.25) is 0 Å². The van der Waals surface area contributed by atoms with Crippen molar-refractivity contribution < 1.29 is 17.9 Å². The lowest BCUT2D eigenvalue weighted by Crippen LogP contribution is -2.33. The predicted octanol–water partition coefficient (Wildman–Crippen LogP) is 4.18. The smallest absolute Gasteiger partial charge is 0.406 e. The van der Waals surface area contributed by atoms with Gasteiger partial charge in [0.05, 0.1) is 17.6 Å². The van der Waals surface area contributed by atoms with Gasteiger partial charge in [0.25, 0.3) is 0 Å². The molecule has 1 saturated heterocycles. The second-order valence-corrected chi connectivity index (χ2v) is 7.28. The van der Waals surface area contributed by atoms with Crippen LogP contribution in [0.1, 0.15) is 18.5 Å². The topological polar surface area (TPSA) is 42.7 Å². The fourth-order valence-corrected chi connectivity index (χ4v) is 3.78. The van der Waals surface area contributed by atoms with Gasteiger partial charge in [-0.3, -0.25) is 0 Å². The number of ether oxygens (including phenoxy) is 1. The van der Waals surface area contributed by atoms with E-state index in [1.165, 1.54) is 25.0 Å². The number of nitrogens with zero attached hydrogens (tertiary/aromatic N) is 4. The van der Waals surface area contributed by atoms with Gasteiger partial charge in [0.15, 0.2) is 5.65 Å². The fourth-order valence-electron chi connectivity index (χ4n) is 3.78. The molecule has 1 fully saturated rings. The summed E-state index contributed by atoms with van der Waals surface area (Å²) in [7, 11) is 2.14. The number of imidazole rings is 1. The van der Waals surface area contributed by atoms with Crippen LogP contribution in [0.25, 0.3) is 16.9 Å². The van der Waals surface area contributed by atoms with Gasteiger partial charge in [-0.25, -0.2) is 9.50 Å². The second kappa shape index (κ2) is 7.43. The molecule has 0 saturated carbocycles. The van der Waals surface area contributed by atoms with E-state index < -0.39 is 6.36 Å². The molecular weight excluding hydrogens is 369 g/mol. The minimum absolute atomic E-state index is 0.250. The molecular formula is C20H21F3N4O. The van der Waals surface area contributed by atoms with Gasteiger partial charge >= 0.3 is 6.36 Å². The first-order valence-electron chi connectivity index (χ1n) is 9.26. The molecule has 0 spiro atoms. The Bertz CT molecular complexity index is 952. The van der Waals surface area contributed by atoms with Gasteiger partial charge in [-0.15, -0.1) is 13.2 Å². The number of piperidine rings is 1. The van der Waals surface area contributed by atoms with Crippen LogP contribution in [0, 0.1) is 5.92 Å². The molecule has 0 amide bonds. The number of halogens is 3. The van der Waals surface area contributed by atoms with E-state index in [0.717, 1.165) is 36.5 Å². The van der Waals surface area contributed by atoms with Crippen LogP contribution in [0.15, 0.2) is 42.6 Å². The van der Waals surface area contributed by atoms with E-state index in [4.69, 9.17) is 5.10 Å². The van der Waals surface area contributed by atoms with Crippen LogP contribution in [-0.4, -0.2) is 46.0 Å². The van der Waals surface area contributed by atoms with Crippen molar-refractivity contribution in [3.8, 4) is 17.0 Å². The second-order valence-electron chi connectivity index (χ2n) is 7.28. The minimum Gasteiger partial charge on any atom is -0.406 e. The quantitative estimate of drug-likeness (QED) is 0.670. The van der Waals surface area contributed by atoms with Crippen molar-refractivity contribution in [1.82, 2.24) is 19.5 Å². The highest BCUT2D eigenvalue weighted by atomic mass is 19.4. The van der Waals surface area contributed by atoms with Gasteiger partial charge in [0, 0.05) is 12.1 Å². The van der Waals surface area contributed by atoms with E-state index in [0.29, 0.717) is 11.6 Å². The zero-order valence-electron chi connectivity index (χ0n) is 15.5. The lowest BCUT2D eigenvalue weighted by atomic mass is 9.94. The van der Waals surface area contributed by atoms with Crippen LogP contribution in [0.4, 0.5) is 13.2 Å². The normalized spacial score (nSPS) is 18.5. The molecule has 1 unspecified atom stereocenters. The molecule has 4 rings (SSSR count). The predicted molar refractivity (Wildman–Crippen MR) is 99.0 cm³/mol. The Labute approximate surface area is 160 Å². The van der Waals surface area contributed by atoms with Crippen LogP contribution in [0.2, 0.25) is 0 Å². The maximum Gasteiger partial charge on any atom is 0.573 e.